The molecule has 1 aromatic heterocycles. The Kier molecular flexibility index (Phi) is 5.65. The van der Waals surface area contributed by atoms with Crippen molar-refractivity contribution in [2.45, 2.75) is 39.5 Å². The van der Waals surface area contributed by atoms with Gasteiger partial charge in [0.25, 0.3) is 5.91 Å². The number of benzene rings is 1. The summed E-state index contributed by atoms with van der Waals surface area (Å²) in [6, 6.07) is 3.87. The van der Waals surface area contributed by atoms with Crippen molar-refractivity contribution in [3.8, 4) is 5.75 Å². The first-order chi connectivity index (χ1) is 12.9. The van der Waals surface area contributed by atoms with Crippen LogP contribution in [-0.2, 0) is 17.6 Å². The molecule has 3 rings (SSSR count). The maximum atomic E-state index is 12.5. The van der Waals surface area contributed by atoms with E-state index >= 15 is 0 Å². The molecular formula is C21H24N2O3S. The van der Waals surface area contributed by atoms with E-state index in [1.807, 2.05) is 26.0 Å². The van der Waals surface area contributed by atoms with Crippen LogP contribution in [0, 0.1) is 13.8 Å². The minimum absolute atomic E-state index is 0.272. The van der Waals surface area contributed by atoms with Gasteiger partial charge in [0, 0.05) is 11.0 Å². The Labute approximate surface area is 163 Å². The van der Waals surface area contributed by atoms with E-state index < -0.39 is 5.91 Å². The maximum Gasteiger partial charge on any atom is 0.251 e. The highest BCUT2D eigenvalue weighted by atomic mass is 32.1. The van der Waals surface area contributed by atoms with Gasteiger partial charge >= 0.3 is 0 Å². The molecule has 1 heterocycles. The minimum atomic E-state index is -0.476. The zero-order valence-corrected chi connectivity index (χ0v) is 16.7. The first kappa shape index (κ1) is 19.2. The average Bonchev–Trinajstić information content (AvgIpc) is 2.98. The summed E-state index contributed by atoms with van der Waals surface area (Å²) in [7, 11) is 1.63. The van der Waals surface area contributed by atoms with Crippen molar-refractivity contribution < 1.29 is 14.3 Å². The van der Waals surface area contributed by atoms with E-state index in [0.29, 0.717) is 10.6 Å². The molecule has 0 saturated carbocycles. The number of amides is 2. The van der Waals surface area contributed by atoms with Crippen LogP contribution in [0.3, 0.4) is 0 Å². The summed E-state index contributed by atoms with van der Waals surface area (Å²) in [4.78, 5) is 25.5. The van der Waals surface area contributed by atoms with Gasteiger partial charge in [-0.3, -0.25) is 9.59 Å². The Bertz CT molecular complexity index is 905. The second-order valence-corrected chi connectivity index (χ2v) is 7.88. The highest BCUT2D eigenvalue weighted by molar-refractivity contribution is 7.17. The van der Waals surface area contributed by atoms with Gasteiger partial charge in [0.05, 0.1) is 12.7 Å². The number of hydrogen-bond acceptors (Lipinski definition) is 4. The van der Waals surface area contributed by atoms with E-state index in [0.717, 1.165) is 58.6 Å². The lowest BCUT2D eigenvalue weighted by atomic mass is 9.95. The van der Waals surface area contributed by atoms with E-state index in [1.54, 1.807) is 13.2 Å². The van der Waals surface area contributed by atoms with Crippen molar-refractivity contribution in [2.24, 2.45) is 5.73 Å². The summed E-state index contributed by atoms with van der Waals surface area (Å²) in [5, 5.41) is 3.41. The van der Waals surface area contributed by atoms with Crippen LogP contribution in [0.4, 0.5) is 5.00 Å². The molecule has 3 N–H and O–H groups in total. The Hall–Kier alpha value is -2.60. The van der Waals surface area contributed by atoms with E-state index in [4.69, 9.17) is 10.5 Å². The van der Waals surface area contributed by atoms with Crippen molar-refractivity contribution in [2.75, 3.05) is 12.4 Å². The molecule has 0 bridgehead atoms. The molecule has 0 fully saturated rings. The number of aryl methyl sites for hydroxylation is 3. The molecule has 1 aliphatic carbocycles. The van der Waals surface area contributed by atoms with Crippen LogP contribution >= 0.6 is 11.3 Å². The smallest absolute Gasteiger partial charge is 0.251 e. The number of rotatable bonds is 5. The van der Waals surface area contributed by atoms with Crippen LogP contribution in [0.5, 0.6) is 5.75 Å². The molecule has 0 saturated heterocycles. The number of nitrogens with one attached hydrogen (secondary N) is 1. The predicted octanol–water partition coefficient (Wildman–Crippen LogP) is 4.00. The van der Waals surface area contributed by atoms with Crippen molar-refractivity contribution >= 4 is 34.2 Å². The highest BCUT2D eigenvalue weighted by Crippen LogP contribution is 2.37. The van der Waals surface area contributed by atoms with Gasteiger partial charge in [-0.25, -0.2) is 0 Å². The lowest BCUT2D eigenvalue weighted by Crippen LogP contribution is -2.17. The van der Waals surface area contributed by atoms with Gasteiger partial charge in [-0.15, -0.1) is 11.3 Å². The third-order valence-corrected chi connectivity index (χ3v) is 6.07. The predicted molar refractivity (Wildman–Crippen MR) is 110 cm³/mol. The van der Waals surface area contributed by atoms with E-state index in [-0.39, 0.29) is 5.91 Å². The van der Waals surface area contributed by atoms with Crippen molar-refractivity contribution in [3.05, 3.63) is 50.9 Å². The summed E-state index contributed by atoms with van der Waals surface area (Å²) in [5.41, 5.74) is 10.1. The lowest BCUT2D eigenvalue weighted by Gasteiger charge is -2.11. The molecule has 2 aromatic rings. The number of carbonyl (C=O) groups excluding carboxylic acids is 2. The SMILES string of the molecule is COc1cc(C)c(/C=C/C(=O)Nc2sc3c(c2C(N)=O)CCCC3)c(C)c1. The van der Waals surface area contributed by atoms with E-state index in [2.05, 4.69) is 5.32 Å². The normalized spacial score (nSPS) is 13.4. The number of ether oxygens (including phenoxy) is 1. The fourth-order valence-electron chi connectivity index (χ4n) is 3.54. The maximum absolute atomic E-state index is 12.5. The summed E-state index contributed by atoms with van der Waals surface area (Å²) < 4.78 is 5.27. The number of nitrogens with two attached hydrogens (primary N) is 1. The van der Waals surface area contributed by atoms with Crippen LogP contribution < -0.4 is 15.8 Å². The minimum Gasteiger partial charge on any atom is -0.497 e. The first-order valence-electron chi connectivity index (χ1n) is 8.99. The topological polar surface area (TPSA) is 81.4 Å². The molecule has 0 aliphatic heterocycles. The van der Waals surface area contributed by atoms with Gasteiger partial charge in [-0.05, 0) is 80.0 Å². The number of methoxy groups -OCH3 is 1. The molecule has 6 heteroatoms. The van der Waals surface area contributed by atoms with Gasteiger partial charge in [-0.1, -0.05) is 0 Å². The Morgan fingerprint density at radius 1 is 1.19 bits per heavy atom. The summed E-state index contributed by atoms with van der Waals surface area (Å²) in [6.45, 7) is 3.96. The lowest BCUT2D eigenvalue weighted by molar-refractivity contribution is -0.111. The second-order valence-electron chi connectivity index (χ2n) is 6.78. The van der Waals surface area contributed by atoms with Gasteiger partial charge in [0.1, 0.15) is 10.8 Å². The van der Waals surface area contributed by atoms with Crippen LogP contribution in [0.2, 0.25) is 0 Å². The summed E-state index contributed by atoms with van der Waals surface area (Å²) in [5.74, 6) is 0.0445. The summed E-state index contributed by atoms with van der Waals surface area (Å²) in [6.07, 6.45) is 7.22. The van der Waals surface area contributed by atoms with Crippen molar-refractivity contribution in [1.82, 2.24) is 0 Å². The average molecular weight is 385 g/mol. The highest BCUT2D eigenvalue weighted by Gasteiger charge is 2.24. The van der Waals surface area contributed by atoms with Crippen LogP contribution in [0.1, 0.15) is 50.3 Å². The number of thiophene rings is 1. The van der Waals surface area contributed by atoms with Crippen LogP contribution in [0.15, 0.2) is 18.2 Å². The quantitative estimate of drug-likeness (QED) is 0.765. The third-order valence-electron chi connectivity index (χ3n) is 4.86. The first-order valence-corrected chi connectivity index (χ1v) is 9.81. The van der Waals surface area contributed by atoms with Crippen molar-refractivity contribution in [3.63, 3.8) is 0 Å². The molecule has 0 radical (unpaired) electrons. The zero-order chi connectivity index (χ0) is 19.6. The molecule has 1 aromatic carbocycles. The molecule has 27 heavy (non-hydrogen) atoms. The largest absolute Gasteiger partial charge is 0.497 e. The zero-order valence-electron chi connectivity index (χ0n) is 15.8. The molecule has 0 unspecified atom stereocenters. The molecule has 1 aliphatic rings. The van der Waals surface area contributed by atoms with Crippen LogP contribution in [0.25, 0.3) is 6.08 Å². The fraction of sp³-hybridized carbons (Fsp3) is 0.333. The molecule has 2 amide bonds. The molecule has 0 atom stereocenters. The number of fused-ring (bicyclic) bond motifs is 1. The monoisotopic (exact) mass is 384 g/mol. The van der Waals surface area contributed by atoms with Crippen LogP contribution in [-0.4, -0.2) is 18.9 Å². The van der Waals surface area contributed by atoms with Gasteiger partial charge in [-0.2, -0.15) is 0 Å². The Morgan fingerprint density at radius 3 is 2.48 bits per heavy atom. The van der Waals surface area contributed by atoms with E-state index in [9.17, 15) is 9.59 Å². The molecule has 142 valence electrons. The van der Waals surface area contributed by atoms with Gasteiger partial charge in [0.15, 0.2) is 0 Å². The number of carbonyl (C=O) groups is 2. The molecule has 0 spiro atoms. The molecular weight excluding hydrogens is 360 g/mol. The Morgan fingerprint density at radius 2 is 1.85 bits per heavy atom. The third kappa shape index (κ3) is 4.06. The van der Waals surface area contributed by atoms with Gasteiger partial charge in [0.2, 0.25) is 5.91 Å². The standard InChI is InChI=1S/C21H24N2O3S/c1-12-10-14(26-3)11-13(2)15(12)8-9-18(24)23-21-19(20(22)25)16-6-4-5-7-17(16)27-21/h8-11H,4-7H2,1-3H3,(H2,22,25)(H,23,24)/b9-8+. The van der Waals surface area contributed by atoms with Crippen molar-refractivity contribution in [1.29, 1.82) is 0 Å². The number of hydrogen-bond donors (Lipinski definition) is 2. The van der Waals surface area contributed by atoms with E-state index in [1.165, 1.54) is 17.4 Å². The Balaban J connectivity index is 1.82. The van der Waals surface area contributed by atoms with Gasteiger partial charge < -0.3 is 15.8 Å². The molecule has 5 nitrogen and oxygen atoms in total. The summed E-state index contributed by atoms with van der Waals surface area (Å²) >= 11 is 1.47. The second kappa shape index (κ2) is 7.96. The number of anilines is 1. The number of primary amides is 1. The fourth-order valence-corrected chi connectivity index (χ4v) is 4.84.